The number of pyridine rings is 1. The zero-order chi connectivity index (χ0) is 30.6. The van der Waals surface area contributed by atoms with Crippen LogP contribution in [0.25, 0.3) is 21.0 Å². The number of piperazine rings is 1. The van der Waals surface area contributed by atoms with Crippen LogP contribution >= 0.6 is 11.3 Å². The number of unbranched alkanes of at least 4 members (excludes halogenated alkanes) is 7. The zero-order valence-corrected chi connectivity index (χ0v) is 27.0. The van der Waals surface area contributed by atoms with E-state index in [1.807, 2.05) is 29.5 Å². The van der Waals surface area contributed by atoms with Crippen LogP contribution in [-0.2, 0) is 16.3 Å². The molecule has 1 fully saturated rings. The summed E-state index contributed by atoms with van der Waals surface area (Å²) < 4.78 is 14.5. The van der Waals surface area contributed by atoms with Crippen LogP contribution in [0.15, 0.2) is 64.8 Å². The highest BCUT2D eigenvalue weighted by atomic mass is 32.1. The second-order valence-corrected chi connectivity index (χ2v) is 12.8. The van der Waals surface area contributed by atoms with E-state index in [4.69, 9.17) is 9.47 Å². The van der Waals surface area contributed by atoms with Gasteiger partial charge in [-0.1, -0.05) is 51.5 Å². The Morgan fingerprint density at radius 2 is 1.66 bits per heavy atom. The monoisotopic (exact) mass is 617 g/mol. The van der Waals surface area contributed by atoms with E-state index in [0.29, 0.717) is 13.0 Å². The van der Waals surface area contributed by atoms with Gasteiger partial charge in [0.25, 0.3) is 5.56 Å². The van der Waals surface area contributed by atoms with Crippen molar-refractivity contribution in [3.8, 4) is 5.75 Å². The van der Waals surface area contributed by atoms with Crippen LogP contribution in [-0.4, -0.2) is 54.8 Å². The van der Waals surface area contributed by atoms with Gasteiger partial charge in [0.15, 0.2) is 6.73 Å². The summed E-state index contributed by atoms with van der Waals surface area (Å²) in [4.78, 5) is 30.1. The molecule has 2 aromatic carbocycles. The average Bonchev–Trinajstić information content (AvgIpc) is 3.53. The SMILES string of the molecule is CCCCCCCCCC(=O)OCn1c(=O)ccc2ccc(OCCCCN3CCN(c4cccc5sccc45)CC3)cc21. The Morgan fingerprint density at radius 3 is 2.50 bits per heavy atom. The topological polar surface area (TPSA) is 64.0 Å². The van der Waals surface area contributed by atoms with Gasteiger partial charge in [0.1, 0.15) is 5.75 Å². The lowest BCUT2D eigenvalue weighted by Gasteiger charge is -2.36. The maximum Gasteiger partial charge on any atom is 0.307 e. The molecular formula is C36H47N3O4S. The summed E-state index contributed by atoms with van der Waals surface area (Å²) in [6.45, 7) is 8.09. The Hall–Kier alpha value is -3.36. The second kappa shape index (κ2) is 16.6. The third-order valence-electron chi connectivity index (χ3n) is 8.63. The van der Waals surface area contributed by atoms with Crippen LogP contribution < -0.4 is 15.2 Å². The minimum absolute atomic E-state index is 0.0787. The van der Waals surface area contributed by atoms with Crippen molar-refractivity contribution in [3.05, 3.63) is 70.3 Å². The zero-order valence-electron chi connectivity index (χ0n) is 26.2. The molecule has 5 rings (SSSR count). The Kier molecular flexibility index (Phi) is 12.1. The lowest BCUT2D eigenvalue weighted by atomic mass is 10.1. The number of hydrogen-bond donors (Lipinski definition) is 0. The molecule has 4 aromatic rings. The molecule has 0 aliphatic carbocycles. The highest BCUT2D eigenvalue weighted by Crippen LogP contribution is 2.31. The molecule has 0 N–H and O–H groups in total. The highest BCUT2D eigenvalue weighted by molar-refractivity contribution is 7.17. The first-order valence-corrected chi connectivity index (χ1v) is 17.4. The van der Waals surface area contributed by atoms with E-state index < -0.39 is 0 Å². The van der Waals surface area contributed by atoms with Crippen molar-refractivity contribution in [2.24, 2.45) is 0 Å². The van der Waals surface area contributed by atoms with Gasteiger partial charge in [-0.15, -0.1) is 11.3 Å². The lowest BCUT2D eigenvalue weighted by Crippen LogP contribution is -2.46. The lowest BCUT2D eigenvalue weighted by molar-refractivity contribution is -0.147. The van der Waals surface area contributed by atoms with Crippen LogP contribution in [0, 0.1) is 0 Å². The molecule has 0 bridgehead atoms. The summed E-state index contributed by atoms with van der Waals surface area (Å²) in [7, 11) is 0. The van der Waals surface area contributed by atoms with Gasteiger partial charge in [0.05, 0.1) is 12.1 Å². The number of carbonyl (C=O) groups excluding carboxylic acids is 1. The highest BCUT2D eigenvalue weighted by Gasteiger charge is 2.18. The van der Waals surface area contributed by atoms with Crippen molar-refractivity contribution in [2.75, 3.05) is 44.2 Å². The molecule has 1 saturated heterocycles. The molecule has 7 nitrogen and oxygen atoms in total. The van der Waals surface area contributed by atoms with Gasteiger partial charge in [-0.2, -0.15) is 0 Å². The van der Waals surface area contributed by atoms with Crippen LogP contribution in [0.5, 0.6) is 5.75 Å². The van der Waals surface area contributed by atoms with Crippen molar-refractivity contribution in [3.63, 3.8) is 0 Å². The largest absolute Gasteiger partial charge is 0.494 e. The number of benzene rings is 2. The van der Waals surface area contributed by atoms with Crippen LogP contribution in [0.2, 0.25) is 0 Å². The van der Waals surface area contributed by atoms with E-state index >= 15 is 0 Å². The van der Waals surface area contributed by atoms with E-state index in [1.54, 1.807) is 6.07 Å². The molecule has 0 saturated carbocycles. The van der Waals surface area contributed by atoms with Gasteiger partial charge >= 0.3 is 5.97 Å². The fourth-order valence-electron chi connectivity index (χ4n) is 6.02. The summed E-state index contributed by atoms with van der Waals surface area (Å²) in [5.74, 6) is 0.471. The first-order chi connectivity index (χ1) is 21.6. The van der Waals surface area contributed by atoms with Gasteiger partial charge in [0, 0.05) is 60.5 Å². The number of fused-ring (bicyclic) bond motifs is 2. The van der Waals surface area contributed by atoms with Crippen molar-refractivity contribution in [1.29, 1.82) is 0 Å². The number of esters is 1. The third-order valence-corrected chi connectivity index (χ3v) is 9.51. The number of anilines is 1. The van der Waals surface area contributed by atoms with Crippen molar-refractivity contribution in [2.45, 2.75) is 77.9 Å². The smallest absolute Gasteiger partial charge is 0.307 e. The molecule has 0 amide bonds. The summed E-state index contributed by atoms with van der Waals surface area (Å²) in [6.07, 6.45) is 10.5. The molecule has 0 unspecified atom stereocenters. The predicted molar refractivity (Wildman–Crippen MR) is 182 cm³/mol. The summed E-state index contributed by atoms with van der Waals surface area (Å²) in [5.41, 5.74) is 1.89. The average molecular weight is 618 g/mol. The number of aromatic nitrogens is 1. The first-order valence-electron chi connectivity index (χ1n) is 16.5. The fraction of sp³-hybridized carbons (Fsp3) is 0.500. The third kappa shape index (κ3) is 8.85. The molecular weight excluding hydrogens is 570 g/mol. The molecule has 3 heterocycles. The van der Waals surface area contributed by atoms with Gasteiger partial charge < -0.3 is 14.4 Å². The number of rotatable bonds is 17. The summed E-state index contributed by atoms with van der Waals surface area (Å²) in [6, 6.07) is 18.0. The molecule has 0 atom stereocenters. The van der Waals surface area contributed by atoms with Gasteiger partial charge in [-0.25, -0.2) is 0 Å². The van der Waals surface area contributed by atoms with E-state index in [9.17, 15) is 9.59 Å². The fourth-order valence-corrected chi connectivity index (χ4v) is 6.83. The first kappa shape index (κ1) is 32.0. The van der Waals surface area contributed by atoms with Crippen molar-refractivity contribution < 1.29 is 14.3 Å². The van der Waals surface area contributed by atoms with Crippen LogP contribution in [0.1, 0.15) is 71.1 Å². The molecule has 0 spiro atoms. The van der Waals surface area contributed by atoms with Crippen LogP contribution in [0.3, 0.4) is 0 Å². The molecule has 0 radical (unpaired) electrons. The Morgan fingerprint density at radius 1 is 0.864 bits per heavy atom. The molecule has 236 valence electrons. The molecule has 44 heavy (non-hydrogen) atoms. The number of carbonyl (C=O) groups is 1. The van der Waals surface area contributed by atoms with Gasteiger partial charge in [0.2, 0.25) is 0 Å². The predicted octanol–water partition coefficient (Wildman–Crippen LogP) is 7.84. The number of hydrogen-bond acceptors (Lipinski definition) is 7. The molecule has 1 aliphatic rings. The van der Waals surface area contributed by atoms with Gasteiger partial charge in [-0.05, 0) is 73.0 Å². The van der Waals surface area contributed by atoms with Crippen molar-refractivity contribution in [1.82, 2.24) is 9.47 Å². The van der Waals surface area contributed by atoms with Crippen LogP contribution in [0.4, 0.5) is 5.69 Å². The summed E-state index contributed by atoms with van der Waals surface area (Å²) >= 11 is 1.81. The quantitative estimate of drug-likeness (QED) is 0.0889. The van der Waals surface area contributed by atoms with E-state index in [2.05, 4.69) is 46.4 Å². The van der Waals surface area contributed by atoms with E-state index in [1.165, 1.54) is 52.1 Å². The molecule has 8 heteroatoms. The van der Waals surface area contributed by atoms with E-state index in [-0.39, 0.29) is 18.3 Å². The Balaban J connectivity index is 1.03. The number of ether oxygens (including phenoxy) is 2. The normalized spacial score (nSPS) is 14.0. The Labute approximate surface area is 265 Å². The number of nitrogens with zero attached hydrogens (tertiary/aromatic N) is 3. The standard InChI is InChI=1S/C36H47N3O4S/c1-2-3-4-5-6-7-8-14-36(41)43-28-39-33-27-30(17-15-29(33)16-18-35(39)40)42-25-10-9-20-37-21-23-38(24-22-37)32-12-11-13-34-31(32)19-26-44-34/h11-13,15-19,26-27H,2-10,14,20-25,28H2,1H3. The maximum atomic E-state index is 12.7. The summed E-state index contributed by atoms with van der Waals surface area (Å²) in [5, 5.41) is 4.46. The van der Waals surface area contributed by atoms with Gasteiger partial charge in [-0.3, -0.25) is 19.1 Å². The van der Waals surface area contributed by atoms with Crippen molar-refractivity contribution >= 4 is 44.0 Å². The van der Waals surface area contributed by atoms with E-state index in [0.717, 1.165) is 81.5 Å². The maximum absolute atomic E-state index is 12.7. The molecule has 2 aromatic heterocycles. The number of thiophene rings is 1. The minimum atomic E-state index is -0.254. The molecule has 1 aliphatic heterocycles. The second-order valence-electron chi connectivity index (χ2n) is 11.8. The minimum Gasteiger partial charge on any atom is -0.494 e. The Bertz CT molecular complexity index is 1540.